The van der Waals surface area contributed by atoms with Crippen LogP contribution in [0.25, 0.3) is 22.0 Å². The van der Waals surface area contributed by atoms with Crippen LogP contribution >= 0.6 is 69.5 Å². The standard InChI is InChI=1S/C30H19Cl4N3O4S2/c1-14(27(38)37-30-36-20(13-42-30)17-7-6-15-4-2-3-5-16(15)12-17)43-19-10-8-18(9-11-19)35-28(39)21-22(29(40)41)24(32)26(34)25(33)23(21)31/h2-14H,1H3,(H,35,39)(H,40,41)(H,36,37,38). The van der Waals surface area contributed by atoms with Crippen LogP contribution in [0.4, 0.5) is 10.8 Å². The fourth-order valence-corrected chi connectivity index (χ4v) is 6.74. The molecule has 1 heterocycles. The third kappa shape index (κ3) is 6.77. The molecule has 0 aliphatic carbocycles. The van der Waals surface area contributed by atoms with E-state index in [1.807, 2.05) is 35.7 Å². The van der Waals surface area contributed by atoms with Gasteiger partial charge < -0.3 is 15.7 Å². The zero-order chi connectivity index (χ0) is 30.8. The van der Waals surface area contributed by atoms with Gasteiger partial charge in [0, 0.05) is 21.5 Å². The molecule has 0 aliphatic heterocycles. The first kappa shape index (κ1) is 31.1. The molecular formula is C30H19Cl4N3O4S2. The summed E-state index contributed by atoms with van der Waals surface area (Å²) in [6.45, 7) is 1.77. The van der Waals surface area contributed by atoms with E-state index in [-0.39, 0.29) is 21.0 Å². The van der Waals surface area contributed by atoms with Crippen molar-refractivity contribution in [3.8, 4) is 11.3 Å². The number of rotatable bonds is 8. The molecule has 0 saturated carbocycles. The van der Waals surface area contributed by atoms with E-state index in [0.29, 0.717) is 10.8 Å². The number of hydrogen-bond donors (Lipinski definition) is 3. The molecule has 1 aromatic heterocycles. The van der Waals surface area contributed by atoms with E-state index in [1.165, 1.54) is 23.1 Å². The van der Waals surface area contributed by atoms with E-state index < -0.39 is 33.3 Å². The summed E-state index contributed by atoms with van der Waals surface area (Å²) in [4.78, 5) is 43.0. The van der Waals surface area contributed by atoms with Crippen molar-refractivity contribution in [3.63, 3.8) is 0 Å². The summed E-state index contributed by atoms with van der Waals surface area (Å²) in [5, 5.41) is 18.0. The maximum absolute atomic E-state index is 13.0. The van der Waals surface area contributed by atoms with Crippen LogP contribution in [0.15, 0.2) is 77.0 Å². The lowest BCUT2D eigenvalue weighted by atomic mass is 10.1. The first-order valence-corrected chi connectivity index (χ1v) is 15.7. The van der Waals surface area contributed by atoms with Gasteiger partial charge in [-0.05, 0) is 48.0 Å². The second-order valence-corrected chi connectivity index (χ2v) is 12.9. The van der Waals surface area contributed by atoms with Gasteiger partial charge in [0.25, 0.3) is 5.91 Å². The number of carbonyl (C=O) groups excluding carboxylic acids is 2. The van der Waals surface area contributed by atoms with E-state index in [4.69, 9.17) is 46.4 Å². The van der Waals surface area contributed by atoms with Crippen molar-refractivity contribution in [3.05, 3.63) is 103 Å². The Morgan fingerprint density at radius 1 is 0.837 bits per heavy atom. The van der Waals surface area contributed by atoms with Gasteiger partial charge in [-0.2, -0.15) is 0 Å². The number of nitrogens with zero attached hydrogens (tertiary/aromatic N) is 1. The monoisotopic (exact) mass is 689 g/mol. The number of amides is 2. The lowest BCUT2D eigenvalue weighted by molar-refractivity contribution is -0.115. The van der Waals surface area contributed by atoms with Crippen LogP contribution < -0.4 is 10.6 Å². The van der Waals surface area contributed by atoms with Gasteiger partial charge in [0.15, 0.2) is 5.13 Å². The lowest BCUT2D eigenvalue weighted by Crippen LogP contribution is -2.22. The van der Waals surface area contributed by atoms with Crippen molar-refractivity contribution in [2.24, 2.45) is 0 Å². The number of thiazole rings is 1. The molecule has 43 heavy (non-hydrogen) atoms. The maximum atomic E-state index is 13.0. The molecule has 13 heteroatoms. The molecule has 0 saturated heterocycles. The fraction of sp³-hybridized carbons (Fsp3) is 0.0667. The molecular weight excluding hydrogens is 672 g/mol. The topological polar surface area (TPSA) is 108 Å². The average molecular weight is 691 g/mol. The number of anilines is 2. The van der Waals surface area contributed by atoms with Crippen LogP contribution in [-0.2, 0) is 4.79 Å². The number of carbonyl (C=O) groups is 3. The Kier molecular flexibility index (Phi) is 9.51. The van der Waals surface area contributed by atoms with E-state index in [2.05, 4.69) is 27.8 Å². The van der Waals surface area contributed by atoms with Crippen molar-refractivity contribution in [1.29, 1.82) is 0 Å². The number of thioether (sulfide) groups is 1. The summed E-state index contributed by atoms with van der Waals surface area (Å²) < 4.78 is 0. The van der Waals surface area contributed by atoms with Crippen LogP contribution in [-0.4, -0.2) is 33.1 Å². The van der Waals surface area contributed by atoms with Gasteiger partial charge in [-0.15, -0.1) is 23.1 Å². The summed E-state index contributed by atoms with van der Waals surface area (Å²) in [5.74, 6) is -2.53. The number of aromatic carboxylic acids is 1. The molecule has 5 aromatic rings. The van der Waals surface area contributed by atoms with Crippen LogP contribution in [0.1, 0.15) is 27.6 Å². The third-order valence-electron chi connectivity index (χ3n) is 6.28. The highest BCUT2D eigenvalue weighted by molar-refractivity contribution is 8.00. The first-order chi connectivity index (χ1) is 20.5. The lowest BCUT2D eigenvalue weighted by Gasteiger charge is -2.14. The van der Waals surface area contributed by atoms with Gasteiger partial charge >= 0.3 is 5.97 Å². The number of aromatic nitrogens is 1. The highest BCUT2D eigenvalue weighted by Crippen LogP contribution is 2.42. The highest BCUT2D eigenvalue weighted by Gasteiger charge is 2.29. The van der Waals surface area contributed by atoms with Crippen LogP contribution in [0, 0.1) is 0 Å². The molecule has 218 valence electrons. The summed E-state index contributed by atoms with van der Waals surface area (Å²) >= 11 is 26.9. The minimum atomic E-state index is -1.49. The van der Waals surface area contributed by atoms with Crippen molar-refractivity contribution in [2.75, 3.05) is 10.6 Å². The molecule has 0 fully saturated rings. The van der Waals surface area contributed by atoms with Crippen LogP contribution in [0.3, 0.4) is 0 Å². The molecule has 0 spiro atoms. The quantitative estimate of drug-likeness (QED) is 0.0850. The Morgan fingerprint density at radius 2 is 1.49 bits per heavy atom. The van der Waals surface area contributed by atoms with E-state index in [1.54, 1.807) is 31.2 Å². The van der Waals surface area contributed by atoms with Crippen molar-refractivity contribution >= 4 is 109 Å². The Bertz CT molecular complexity index is 1900. The minimum absolute atomic E-state index is 0.214. The molecule has 1 unspecified atom stereocenters. The smallest absolute Gasteiger partial charge is 0.338 e. The van der Waals surface area contributed by atoms with Gasteiger partial charge in [0.1, 0.15) is 0 Å². The second-order valence-electron chi connectivity index (χ2n) is 9.14. The average Bonchev–Trinajstić information content (AvgIpc) is 3.46. The van der Waals surface area contributed by atoms with Gasteiger partial charge in [0.2, 0.25) is 5.91 Å². The summed E-state index contributed by atoms with van der Waals surface area (Å²) in [6.07, 6.45) is 0. The zero-order valence-corrected chi connectivity index (χ0v) is 26.6. The largest absolute Gasteiger partial charge is 0.478 e. The SMILES string of the molecule is CC(Sc1ccc(NC(=O)c2c(Cl)c(Cl)c(Cl)c(Cl)c2C(=O)O)cc1)C(=O)Nc1nc(-c2ccc3ccccc3c2)cs1. The number of fused-ring (bicyclic) bond motifs is 1. The van der Waals surface area contributed by atoms with Crippen LogP contribution in [0.5, 0.6) is 0 Å². The van der Waals surface area contributed by atoms with Crippen LogP contribution in [0.2, 0.25) is 20.1 Å². The highest BCUT2D eigenvalue weighted by atomic mass is 35.5. The molecule has 0 radical (unpaired) electrons. The summed E-state index contributed by atoms with van der Waals surface area (Å²) in [6, 6.07) is 20.8. The Morgan fingerprint density at radius 3 is 2.16 bits per heavy atom. The molecule has 7 nitrogen and oxygen atoms in total. The predicted molar refractivity (Wildman–Crippen MR) is 177 cm³/mol. The van der Waals surface area contributed by atoms with Crippen molar-refractivity contribution < 1.29 is 19.5 Å². The van der Waals surface area contributed by atoms with Crippen molar-refractivity contribution in [2.45, 2.75) is 17.1 Å². The maximum Gasteiger partial charge on any atom is 0.338 e. The van der Waals surface area contributed by atoms with Gasteiger partial charge in [-0.3, -0.25) is 9.59 Å². The Labute approximate surface area is 274 Å². The van der Waals surface area contributed by atoms with E-state index >= 15 is 0 Å². The number of halogens is 4. The first-order valence-electron chi connectivity index (χ1n) is 12.5. The minimum Gasteiger partial charge on any atom is -0.478 e. The molecule has 0 aliphatic rings. The molecule has 1 atom stereocenters. The Balaban J connectivity index is 1.22. The summed E-state index contributed by atoms with van der Waals surface area (Å²) in [7, 11) is 0. The Hall–Kier alpha value is -3.31. The molecule has 2 amide bonds. The molecule has 0 bridgehead atoms. The summed E-state index contributed by atoms with van der Waals surface area (Å²) in [5.41, 5.74) is 1.13. The normalized spacial score (nSPS) is 11.7. The number of nitrogens with one attached hydrogen (secondary N) is 2. The number of hydrogen-bond acceptors (Lipinski definition) is 6. The molecule has 5 rings (SSSR count). The van der Waals surface area contributed by atoms with Gasteiger partial charge in [-0.1, -0.05) is 82.8 Å². The number of carboxylic acids is 1. The van der Waals surface area contributed by atoms with E-state index in [0.717, 1.165) is 26.9 Å². The fourth-order valence-electron chi connectivity index (χ4n) is 4.13. The van der Waals surface area contributed by atoms with E-state index in [9.17, 15) is 19.5 Å². The van der Waals surface area contributed by atoms with Gasteiger partial charge in [-0.25, -0.2) is 9.78 Å². The van der Waals surface area contributed by atoms with Gasteiger partial charge in [0.05, 0.1) is 42.2 Å². The second kappa shape index (κ2) is 13.1. The van der Waals surface area contributed by atoms with Crippen molar-refractivity contribution in [1.82, 2.24) is 4.98 Å². The predicted octanol–water partition coefficient (Wildman–Crippen LogP) is 9.65. The number of benzene rings is 4. The third-order valence-corrected chi connectivity index (χ3v) is 9.95. The number of carboxylic acid groups (broad SMARTS) is 1. The zero-order valence-electron chi connectivity index (χ0n) is 22.0. The molecule has 3 N–H and O–H groups in total. The molecule has 4 aromatic carbocycles.